The molecule has 3 heteroatoms. The first-order valence-electron chi connectivity index (χ1n) is 6.39. The monoisotopic (exact) mass is 315 g/mol. The van der Waals surface area contributed by atoms with Crippen molar-refractivity contribution in [3.05, 3.63) is 33.3 Å². The molecule has 1 atom stereocenters. The summed E-state index contributed by atoms with van der Waals surface area (Å²) in [6.45, 7) is 3.18. The molecule has 17 heavy (non-hydrogen) atoms. The highest BCUT2D eigenvalue weighted by molar-refractivity contribution is 9.10. The first-order chi connectivity index (χ1) is 8.20. The van der Waals surface area contributed by atoms with E-state index in [1.54, 1.807) is 0 Å². The molecule has 0 aromatic heterocycles. The summed E-state index contributed by atoms with van der Waals surface area (Å²) in [6.07, 6.45) is 5.46. The summed E-state index contributed by atoms with van der Waals surface area (Å²) in [5.74, 6) is 0.911. The molecule has 0 heterocycles. The smallest absolute Gasteiger partial charge is 0.0548 e. The topological polar surface area (TPSA) is 12.0 Å². The largest absolute Gasteiger partial charge is 0.310 e. The number of hydrogen-bond acceptors (Lipinski definition) is 1. The minimum atomic E-state index is 0.471. The van der Waals surface area contributed by atoms with Crippen LogP contribution in [0.4, 0.5) is 0 Å². The highest BCUT2D eigenvalue weighted by Gasteiger charge is 2.22. The Morgan fingerprint density at radius 3 is 2.76 bits per heavy atom. The van der Waals surface area contributed by atoms with Gasteiger partial charge in [0.1, 0.15) is 0 Å². The average Bonchev–Trinajstić information content (AvgIpc) is 2.25. The van der Waals surface area contributed by atoms with Crippen LogP contribution in [0.5, 0.6) is 0 Å². The molecular formula is C14H19BrClN. The number of benzene rings is 1. The van der Waals surface area contributed by atoms with Crippen molar-refractivity contribution in [3.63, 3.8) is 0 Å². The van der Waals surface area contributed by atoms with Crippen molar-refractivity contribution in [1.82, 2.24) is 5.32 Å². The minimum Gasteiger partial charge on any atom is -0.310 e. The summed E-state index contributed by atoms with van der Waals surface area (Å²) in [7, 11) is 0. The molecular weight excluding hydrogens is 298 g/mol. The zero-order chi connectivity index (χ0) is 12.3. The fraction of sp³-hybridized carbons (Fsp3) is 0.571. The van der Waals surface area contributed by atoms with E-state index in [4.69, 9.17) is 11.6 Å². The van der Waals surface area contributed by atoms with Gasteiger partial charge < -0.3 is 5.32 Å². The summed E-state index contributed by atoms with van der Waals surface area (Å²) in [5.41, 5.74) is 1.34. The van der Waals surface area contributed by atoms with E-state index in [2.05, 4.69) is 40.3 Å². The van der Waals surface area contributed by atoms with E-state index in [1.165, 1.54) is 31.2 Å². The van der Waals surface area contributed by atoms with Gasteiger partial charge in [-0.25, -0.2) is 0 Å². The average molecular weight is 317 g/mol. The van der Waals surface area contributed by atoms with Crippen LogP contribution in [-0.2, 0) is 0 Å². The lowest BCUT2D eigenvalue weighted by Gasteiger charge is -2.30. The van der Waals surface area contributed by atoms with Crippen molar-refractivity contribution < 1.29 is 0 Å². The Hall–Kier alpha value is -0.0500. The maximum absolute atomic E-state index is 6.04. The Labute approximate surface area is 117 Å². The second kappa shape index (κ2) is 6.21. The van der Waals surface area contributed by atoms with Gasteiger partial charge in [-0.05, 0) is 52.5 Å². The van der Waals surface area contributed by atoms with E-state index < -0.39 is 0 Å². The molecule has 0 saturated heterocycles. The second-order valence-corrected chi connectivity index (χ2v) is 6.08. The molecule has 1 saturated carbocycles. The lowest BCUT2D eigenvalue weighted by atomic mass is 9.79. The molecule has 0 aliphatic heterocycles. The molecule has 1 fully saturated rings. The first-order valence-corrected chi connectivity index (χ1v) is 7.56. The summed E-state index contributed by atoms with van der Waals surface area (Å²) < 4.78 is 0.994. The standard InChI is InChI=1S/C14H19BrClN/c1-2-17-14(8-10-4-3-5-10)11-6-7-13(16)12(15)9-11/h6-7,9-10,14,17H,2-5,8H2,1H3. The summed E-state index contributed by atoms with van der Waals surface area (Å²) in [6, 6.07) is 6.73. The van der Waals surface area contributed by atoms with Gasteiger partial charge in [0.05, 0.1) is 5.02 Å². The molecule has 1 aromatic rings. The van der Waals surface area contributed by atoms with Crippen molar-refractivity contribution in [3.8, 4) is 0 Å². The molecule has 1 aliphatic rings. The first kappa shape index (κ1) is 13.4. The van der Waals surface area contributed by atoms with Gasteiger partial charge in [0.25, 0.3) is 0 Å². The molecule has 0 spiro atoms. The predicted molar refractivity (Wildman–Crippen MR) is 77.5 cm³/mol. The SMILES string of the molecule is CCNC(CC1CCC1)c1ccc(Cl)c(Br)c1. The quantitative estimate of drug-likeness (QED) is 0.811. The van der Waals surface area contributed by atoms with Gasteiger partial charge in [0.2, 0.25) is 0 Å². The van der Waals surface area contributed by atoms with E-state index in [1.807, 2.05) is 6.07 Å². The third-order valence-electron chi connectivity index (χ3n) is 3.59. The van der Waals surface area contributed by atoms with Crippen LogP contribution in [-0.4, -0.2) is 6.54 Å². The van der Waals surface area contributed by atoms with Gasteiger partial charge in [-0.3, -0.25) is 0 Å². The van der Waals surface area contributed by atoms with Gasteiger partial charge >= 0.3 is 0 Å². The Balaban J connectivity index is 2.09. The van der Waals surface area contributed by atoms with E-state index in [0.29, 0.717) is 6.04 Å². The van der Waals surface area contributed by atoms with E-state index in [-0.39, 0.29) is 0 Å². The fourth-order valence-electron chi connectivity index (χ4n) is 2.37. The van der Waals surface area contributed by atoms with E-state index in [9.17, 15) is 0 Å². The Bertz CT molecular complexity index is 376. The van der Waals surface area contributed by atoms with Gasteiger partial charge in [0.15, 0.2) is 0 Å². The van der Waals surface area contributed by atoms with Crippen LogP contribution in [0.1, 0.15) is 44.2 Å². The van der Waals surface area contributed by atoms with Crippen LogP contribution in [0.2, 0.25) is 5.02 Å². The van der Waals surface area contributed by atoms with Crippen LogP contribution < -0.4 is 5.32 Å². The van der Waals surface area contributed by atoms with Crippen LogP contribution in [0.25, 0.3) is 0 Å². The highest BCUT2D eigenvalue weighted by atomic mass is 79.9. The van der Waals surface area contributed by atoms with Gasteiger partial charge in [0, 0.05) is 10.5 Å². The van der Waals surface area contributed by atoms with Gasteiger partial charge in [-0.2, -0.15) is 0 Å². The normalized spacial score (nSPS) is 17.8. The zero-order valence-electron chi connectivity index (χ0n) is 10.2. The maximum atomic E-state index is 6.04. The lowest BCUT2D eigenvalue weighted by molar-refractivity contribution is 0.262. The van der Waals surface area contributed by atoms with Crippen molar-refractivity contribution >= 4 is 27.5 Å². The maximum Gasteiger partial charge on any atom is 0.0548 e. The van der Waals surface area contributed by atoms with Crippen molar-refractivity contribution in [1.29, 1.82) is 0 Å². The van der Waals surface area contributed by atoms with Crippen LogP contribution in [0.15, 0.2) is 22.7 Å². The molecule has 94 valence electrons. The van der Waals surface area contributed by atoms with Crippen LogP contribution >= 0.6 is 27.5 Å². The molecule has 0 amide bonds. The zero-order valence-corrected chi connectivity index (χ0v) is 12.5. The molecule has 1 N–H and O–H groups in total. The molecule has 1 nitrogen and oxygen atoms in total. The highest BCUT2D eigenvalue weighted by Crippen LogP contribution is 2.36. The second-order valence-electron chi connectivity index (χ2n) is 4.82. The molecule has 2 rings (SSSR count). The lowest BCUT2D eigenvalue weighted by Crippen LogP contribution is -2.25. The summed E-state index contributed by atoms with van der Waals surface area (Å²) in [4.78, 5) is 0. The minimum absolute atomic E-state index is 0.471. The number of nitrogens with one attached hydrogen (secondary N) is 1. The summed E-state index contributed by atoms with van der Waals surface area (Å²) >= 11 is 9.54. The third kappa shape index (κ3) is 3.46. The van der Waals surface area contributed by atoms with Crippen molar-refractivity contribution in [2.24, 2.45) is 5.92 Å². The summed E-state index contributed by atoms with van der Waals surface area (Å²) in [5, 5.41) is 4.37. The number of rotatable bonds is 5. The Kier molecular flexibility index (Phi) is 4.89. The number of hydrogen-bond donors (Lipinski definition) is 1. The molecule has 1 unspecified atom stereocenters. The fourth-order valence-corrected chi connectivity index (χ4v) is 2.89. The van der Waals surface area contributed by atoms with Crippen LogP contribution in [0.3, 0.4) is 0 Å². The van der Waals surface area contributed by atoms with E-state index in [0.717, 1.165) is 22.0 Å². The Morgan fingerprint density at radius 1 is 1.47 bits per heavy atom. The Morgan fingerprint density at radius 2 is 2.24 bits per heavy atom. The van der Waals surface area contributed by atoms with Crippen molar-refractivity contribution in [2.45, 2.75) is 38.6 Å². The molecule has 0 bridgehead atoms. The molecule has 1 aromatic carbocycles. The van der Waals surface area contributed by atoms with Gasteiger partial charge in [-0.15, -0.1) is 0 Å². The number of halogens is 2. The predicted octanol–water partition coefficient (Wildman–Crippen LogP) is 4.94. The van der Waals surface area contributed by atoms with E-state index >= 15 is 0 Å². The van der Waals surface area contributed by atoms with Crippen LogP contribution in [0, 0.1) is 5.92 Å². The molecule has 0 radical (unpaired) electrons. The van der Waals surface area contributed by atoms with Gasteiger partial charge in [-0.1, -0.05) is 43.9 Å². The van der Waals surface area contributed by atoms with Crippen molar-refractivity contribution in [2.75, 3.05) is 6.54 Å². The third-order valence-corrected chi connectivity index (χ3v) is 4.80. The molecule has 1 aliphatic carbocycles.